The summed E-state index contributed by atoms with van der Waals surface area (Å²) < 4.78 is 5.50. The van der Waals surface area contributed by atoms with E-state index in [2.05, 4.69) is 10.6 Å². The Hall–Kier alpha value is -4.33. The molecule has 0 fully saturated rings. The first-order valence-electron chi connectivity index (χ1n) is 14.1. The Labute approximate surface area is 249 Å². The van der Waals surface area contributed by atoms with Crippen molar-refractivity contribution >= 4 is 17.9 Å². The van der Waals surface area contributed by atoms with Crippen LogP contribution in [0.25, 0.3) is 0 Å². The smallest absolute Gasteiger partial charge is 0.408 e. The number of nitrogens with one attached hydrogen (secondary N) is 2. The zero-order valence-electron chi connectivity index (χ0n) is 25.6. The molecule has 0 aliphatic heterocycles. The maximum Gasteiger partial charge on any atom is 0.408 e. The molecule has 0 heterocycles. The molecule has 3 amide bonds. The Kier molecular flexibility index (Phi) is 10.4. The number of phenolic OH excluding ortho intramolecular Hbond substituents is 1. The summed E-state index contributed by atoms with van der Waals surface area (Å²) in [4.78, 5) is 43.1. The summed E-state index contributed by atoms with van der Waals surface area (Å²) in [6.07, 6.45) is -0.619. The number of aromatic hydroxyl groups is 1. The summed E-state index contributed by atoms with van der Waals surface area (Å²) in [5.74, 6) is -0.686. The second-order valence-corrected chi connectivity index (χ2v) is 12.4. The summed E-state index contributed by atoms with van der Waals surface area (Å²) in [7, 11) is 0. The van der Waals surface area contributed by atoms with Gasteiger partial charge < -0.3 is 25.4 Å². The fraction of sp³-hybridized carbons (Fsp3) is 0.382. The zero-order valence-corrected chi connectivity index (χ0v) is 25.6. The number of carbonyl (C=O) groups is 3. The van der Waals surface area contributed by atoms with Crippen molar-refractivity contribution in [3.05, 3.63) is 101 Å². The number of nitrogens with zero attached hydrogens (tertiary/aromatic N) is 1. The number of benzene rings is 3. The molecule has 2 unspecified atom stereocenters. The van der Waals surface area contributed by atoms with Gasteiger partial charge in [0.25, 0.3) is 0 Å². The van der Waals surface area contributed by atoms with Crippen molar-refractivity contribution in [2.75, 3.05) is 0 Å². The summed E-state index contributed by atoms with van der Waals surface area (Å²) in [6.45, 7) is 13.0. The maximum absolute atomic E-state index is 14.6. The summed E-state index contributed by atoms with van der Waals surface area (Å²) in [6, 6.07) is 21.5. The van der Waals surface area contributed by atoms with Crippen LogP contribution in [0.3, 0.4) is 0 Å². The highest BCUT2D eigenvalue weighted by molar-refractivity contribution is 5.93. The molecule has 3 aromatic carbocycles. The quantitative estimate of drug-likeness (QED) is 0.299. The van der Waals surface area contributed by atoms with E-state index in [0.717, 1.165) is 16.7 Å². The first-order chi connectivity index (χ1) is 19.7. The summed E-state index contributed by atoms with van der Waals surface area (Å²) in [5, 5.41) is 15.6. The minimum Gasteiger partial charge on any atom is -0.508 e. The van der Waals surface area contributed by atoms with E-state index >= 15 is 0 Å². The molecular weight excluding hydrogens is 530 g/mol. The number of hydrogen-bond donors (Lipinski definition) is 3. The van der Waals surface area contributed by atoms with Gasteiger partial charge in [-0.25, -0.2) is 4.79 Å². The topological polar surface area (TPSA) is 108 Å². The molecule has 224 valence electrons. The van der Waals surface area contributed by atoms with Crippen LogP contribution in [-0.4, -0.2) is 45.1 Å². The van der Waals surface area contributed by atoms with E-state index in [-0.39, 0.29) is 18.1 Å². The van der Waals surface area contributed by atoms with Crippen molar-refractivity contribution in [3.63, 3.8) is 0 Å². The molecule has 0 saturated carbocycles. The van der Waals surface area contributed by atoms with Crippen molar-refractivity contribution < 1.29 is 24.2 Å². The molecule has 0 aliphatic carbocycles. The lowest BCUT2D eigenvalue weighted by Gasteiger charge is -2.43. The molecule has 3 N–H and O–H groups in total. The largest absolute Gasteiger partial charge is 0.508 e. The predicted molar refractivity (Wildman–Crippen MR) is 164 cm³/mol. The molecule has 0 saturated heterocycles. The Morgan fingerprint density at radius 2 is 1.43 bits per heavy atom. The lowest BCUT2D eigenvalue weighted by atomic mass is 9.92. The highest BCUT2D eigenvalue weighted by Crippen LogP contribution is 2.32. The van der Waals surface area contributed by atoms with E-state index < -0.39 is 35.2 Å². The molecule has 2 atom stereocenters. The average Bonchev–Trinajstić information content (AvgIpc) is 2.90. The van der Waals surface area contributed by atoms with Gasteiger partial charge in [0, 0.05) is 18.5 Å². The van der Waals surface area contributed by atoms with Crippen LogP contribution in [-0.2, 0) is 27.3 Å². The number of amides is 3. The van der Waals surface area contributed by atoms with Gasteiger partial charge in [0.1, 0.15) is 23.4 Å². The molecule has 3 rings (SSSR count). The zero-order chi connectivity index (χ0) is 31.1. The van der Waals surface area contributed by atoms with E-state index in [1.54, 1.807) is 37.8 Å². The van der Waals surface area contributed by atoms with Crippen LogP contribution in [0, 0.1) is 6.92 Å². The van der Waals surface area contributed by atoms with Gasteiger partial charge in [-0.1, -0.05) is 66.7 Å². The molecule has 42 heavy (non-hydrogen) atoms. The van der Waals surface area contributed by atoms with Gasteiger partial charge in [-0.2, -0.15) is 0 Å². The Morgan fingerprint density at radius 3 is 2.00 bits per heavy atom. The first-order valence-corrected chi connectivity index (χ1v) is 14.1. The van der Waals surface area contributed by atoms with E-state index in [1.807, 2.05) is 82.3 Å². The van der Waals surface area contributed by atoms with Crippen molar-refractivity contribution in [1.29, 1.82) is 0 Å². The van der Waals surface area contributed by atoms with Crippen molar-refractivity contribution in [1.82, 2.24) is 15.5 Å². The van der Waals surface area contributed by atoms with Crippen LogP contribution >= 0.6 is 0 Å². The molecule has 0 spiro atoms. The number of rotatable bonds is 9. The van der Waals surface area contributed by atoms with Gasteiger partial charge in [-0.15, -0.1) is 0 Å². The van der Waals surface area contributed by atoms with Crippen LogP contribution in [0.4, 0.5) is 4.79 Å². The molecule has 8 nitrogen and oxygen atoms in total. The Morgan fingerprint density at radius 1 is 0.833 bits per heavy atom. The van der Waals surface area contributed by atoms with E-state index in [1.165, 1.54) is 12.1 Å². The molecule has 0 aliphatic rings. The molecule has 3 aromatic rings. The molecule has 0 aromatic heterocycles. The van der Waals surface area contributed by atoms with E-state index in [0.29, 0.717) is 12.1 Å². The van der Waals surface area contributed by atoms with Crippen LogP contribution in [0.2, 0.25) is 0 Å². The SMILES string of the molecule is Cc1ccccc1C(C(=O)NCc1ccccc1)N(C(=O)C(Cc1ccc(O)cc1)NC(=O)OC(C)(C)C)C(C)(C)C. The number of ether oxygens (including phenoxy) is 1. The highest BCUT2D eigenvalue weighted by atomic mass is 16.6. The number of phenols is 1. The van der Waals surface area contributed by atoms with E-state index in [9.17, 15) is 19.5 Å². The van der Waals surface area contributed by atoms with Crippen molar-refractivity contribution in [3.8, 4) is 5.75 Å². The standard InChI is InChI=1S/C34H43N3O5/c1-23-13-11-12-16-27(23)29(30(39)35-22-25-14-9-8-10-15-25)37(33(2,3)4)31(40)28(36-32(41)42-34(5,6)7)21-24-17-19-26(38)20-18-24/h8-20,28-29,38H,21-22H2,1-7H3,(H,35,39)(H,36,41). The fourth-order valence-corrected chi connectivity index (χ4v) is 4.70. The van der Waals surface area contributed by atoms with Gasteiger partial charge in [0.2, 0.25) is 11.8 Å². The van der Waals surface area contributed by atoms with Gasteiger partial charge in [0.15, 0.2) is 0 Å². The van der Waals surface area contributed by atoms with Gasteiger partial charge in [-0.3, -0.25) is 9.59 Å². The summed E-state index contributed by atoms with van der Waals surface area (Å²) >= 11 is 0. The third-order valence-electron chi connectivity index (χ3n) is 6.62. The van der Waals surface area contributed by atoms with Crippen LogP contribution in [0.5, 0.6) is 5.75 Å². The van der Waals surface area contributed by atoms with E-state index in [4.69, 9.17) is 4.74 Å². The van der Waals surface area contributed by atoms with Crippen LogP contribution in [0.15, 0.2) is 78.9 Å². The van der Waals surface area contributed by atoms with Crippen molar-refractivity contribution in [2.45, 2.75) is 84.7 Å². The molecular formula is C34H43N3O5. The molecule has 0 radical (unpaired) electrons. The second kappa shape index (κ2) is 13.6. The van der Waals surface area contributed by atoms with Crippen molar-refractivity contribution in [2.24, 2.45) is 0 Å². The van der Waals surface area contributed by atoms with Gasteiger partial charge in [-0.05, 0) is 82.9 Å². The average molecular weight is 574 g/mol. The fourth-order valence-electron chi connectivity index (χ4n) is 4.70. The third-order valence-corrected chi connectivity index (χ3v) is 6.62. The predicted octanol–water partition coefficient (Wildman–Crippen LogP) is 5.82. The van der Waals surface area contributed by atoms with Gasteiger partial charge in [0.05, 0.1) is 0 Å². The normalized spacial score (nSPS) is 13.0. The number of alkyl carbamates (subject to hydrolysis) is 1. The minimum absolute atomic E-state index is 0.0905. The lowest BCUT2D eigenvalue weighted by molar-refractivity contribution is -0.148. The lowest BCUT2D eigenvalue weighted by Crippen LogP contribution is -2.59. The van der Waals surface area contributed by atoms with Crippen LogP contribution in [0.1, 0.15) is 69.8 Å². The highest BCUT2D eigenvalue weighted by Gasteiger charge is 2.42. The van der Waals surface area contributed by atoms with Crippen LogP contribution < -0.4 is 10.6 Å². The van der Waals surface area contributed by atoms with Gasteiger partial charge >= 0.3 is 6.09 Å². The Bertz CT molecular complexity index is 1360. The molecule has 0 bridgehead atoms. The minimum atomic E-state index is -1.06. The Balaban J connectivity index is 2.06. The number of hydrogen-bond acceptors (Lipinski definition) is 5. The number of aryl methyl sites for hydroxylation is 1. The summed E-state index contributed by atoms with van der Waals surface area (Å²) in [5.41, 5.74) is 1.59. The first kappa shape index (κ1) is 32.2. The molecule has 8 heteroatoms. The second-order valence-electron chi connectivity index (χ2n) is 12.4. The maximum atomic E-state index is 14.6. The monoisotopic (exact) mass is 573 g/mol. The number of carbonyl (C=O) groups excluding carboxylic acids is 3. The third kappa shape index (κ3) is 9.09.